The summed E-state index contributed by atoms with van der Waals surface area (Å²) in [7, 11) is 4.05. The SMILES string of the molecule is CCC1[N+]#CN=C(CC2CC2)C1C1=CN(SF)C(=N)/C1=C\C=C\[NH-].CN(C)CCC[NH-].[Y]. The third kappa shape index (κ3) is 8.38. The average Bonchev–Trinajstić information content (AvgIpc) is 3.53. The molecule has 0 spiro atoms. The van der Waals surface area contributed by atoms with Crippen molar-refractivity contribution >= 4 is 23.9 Å². The second-order valence-electron chi connectivity index (χ2n) is 8.11. The van der Waals surface area contributed by atoms with Crippen molar-refractivity contribution in [1.29, 1.82) is 5.41 Å². The molecule has 0 amide bonds. The minimum Gasteiger partial charge on any atom is -0.705 e. The van der Waals surface area contributed by atoms with Crippen molar-refractivity contribution in [2.75, 3.05) is 27.2 Å². The van der Waals surface area contributed by atoms with E-state index in [2.05, 4.69) is 27.9 Å². The first kappa shape index (κ1) is 29.0. The summed E-state index contributed by atoms with van der Waals surface area (Å²) < 4.78 is 14.4. The minimum absolute atomic E-state index is 0. The van der Waals surface area contributed by atoms with E-state index in [1.54, 1.807) is 18.4 Å². The molecule has 1 saturated carbocycles. The van der Waals surface area contributed by atoms with E-state index in [1.165, 1.54) is 17.1 Å². The third-order valence-corrected chi connectivity index (χ3v) is 5.80. The second kappa shape index (κ2) is 15.0. The Morgan fingerprint density at radius 3 is 2.66 bits per heavy atom. The number of amidine groups is 1. The number of halogens is 1. The van der Waals surface area contributed by atoms with E-state index in [4.69, 9.17) is 16.9 Å². The number of nitrogens with one attached hydrogen (secondary N) is 3. The van der Waals surface area contributed by atoms with Crippen molar-refractivity contribution in [1.82, 2.24) is 9.21 Å². The van der Waals surface area contributed by atoms with Crippen LogP contribution in [0.15, 0.2) is 40.7 Å². The van der Waals surface area contributed by atoms with Crippen molar-refractivity contribution < 1.29 is 36.6 Å². The first-order valence-electron chi connectivity index (χ1n) is 10.7. The maximum Gasteiger partial charge on any atom is 0.423 e. The van der Waals surface area contributed by atoms with Crippen molar-refractivity contribution in [2.45, 2.75) is 45.1 Å². The van der Waals surface area contributed by atoms with Gasteiger partial charge < -0.3 is 16.4 Å². The van der Waals surface area contributed by atoms with Gasteiger partial charge in [-0.3, -0.25) is 5.41 Å². The van der Waals surface area contributed by atoms with Crippen LogP contribution in [0.3, 0.4) is 0 Å². The topological polar surface area (TPSA) is 94.6 Å². The summed E-state index contributed by atoms with van der Waals surface area (Å²) >= 11 is 0.0163. The summed E-state index contributed by atoms with van der Waals surface area (Å²) in [6.45, 7) is 3.67. The molecular formula is C22H33FN7SY-. The summed E-state index contributed by atoms with van der Waals surface area (Å²) in [6, 6.07) is 0.00300. The Morgan fingerprint density at radius 1 is 1.44 bits per heavy atom. The standard InChI is InChI=1S/C17H20FN5S.C5H13N2.Y/c1-2-14-16(15(22-10-21-14)8-11-5-6-11)13-9-23(24-18)17(20)12(13)4-3-7-19;1-7(2)5-3-4-6;/h3-4,7,9,11,14,16,19-20H,2,5-6,8H2,1H3;6H,3-5H2,1-2H3;/q;-1;/b7-3+,12-4-,20-17?;;. The molecule has 2 heterocycles. The molecule has 1 aliphatic carbocycles. The fourth-order valence-electron chi connectivity index (χ4n) is 3.57. The predicted molar refractivity (Wildman–Crippen MR) is 130 cm³/mol. The first-order chi connectivity index (χ1) is 15.0. The molecule has 2 atom stereocenters. The van der Waals surface area contributed by atoms with E-state index in [9.17, 15) is 3.89 Å². The summed E-state index contributed by atoms with van der Waals surface area (Å²) in [6.07, 6.45) is 14.1. The largest absolute Gasteiger partial charge is 0.705 e. The summed E-state index contributed by atoms with van der Waals surface area (Å²) in [5.41, 5.74) is 16.5. The van der Waals surface area contributed by atoms with Crippen molar-refractivity contribution in [3.05, 3.63) is 52.0 Å². The van der Waals surface area contributed by atoms with Gasteiger partial charge in [-0.1, -0.05) is 25.5 Å². The summed E-state index contributed by atoms with van der Waals surface area (Å²) in [5.74, 6) is 0.715. The number of rotatable bonds is 9. The van der Waals surface area contributed by atoms with Gasteiger partial charge in [0.15, 0.2) is 18.0 Å². The molecule has 2 aliphatic heterocycles. The van der Waals surface area contributed by atoms with Gasteiger partial charge in [0.25, 0.3) is 0 Å². The van der Waals surface area contributed by atoms with Crippen LogP contribution in [0.5, 0.6) is 0 Å². The molecule has 0 aromatic heterocycles. The van der Waals surface area contributed by atoms with Gasteiger partial charge in [-0.2, -0.15) is 11.0 Å². The average molecular weight is 536 g/mol. The zero-order valence-electron chi connectivity index (χ0n) is 19.1. The van der Waals surface area contributed by atoms with E-state index >= 15 is 0 Å². The number of hydrogen-bond acceptors (Lipinski definition) is 4. The number of hydrogen-bond donors (Lipinski definition) is 1. The fourth-order valence-corrected chi connectivity index (χ4v) is 3.89. The molecule has 0 saturated heterocycles. The zero-order chi connectivity index (χ0) is 22.8. The molecular weight excluding hydrogens is 502 g/mol. The molecule has 0 bridgehead atoms. The molecule has 0 aromatic carbocycles. The van der Waals surface area contributed by atoms with Crippen LogP contribution < -0.4 is 0 Å². The Kier molecular flexibility index (Phi) is 13.6. The molecule has 1 fully saturated rings. The Hall–Kier alpha value is -1.05. The van der Waals surface area contributed by atoms with Crippen LogP contribution in [0.1, 0.15) is 39.0 Å². The van der Waals surface area contributed by atoms with Crippen LogP contribution in [0.25, 0.3) is 16.3 Å². The molecule has 2 unspecified atom stereocenters. The third-order valence-electron chi connectivity index (χ3n) is 5.37. The quantitative estimate of drug-likeness (QED) is 0.285. The van der Waals surface area contributed by atoms with Crippen molar-refractivity contribution in [2.24, 2.45) is 16.8 Å². The van der Waals surface area contributed by atoms with Gasteiger partial charge >= 0.3 is 6.19 Å². The summed E-state index contributed by atoms with van der Waals surface area (Å²) in [4.78, 5) is 10.9. The van der Waals surface area contributed by atoms with Crippen LogP contribution in [0, 0.1) is 23.4 Å². The van der Waals surface area contributed by atoms with E-state index in [-0.39, 0.29) is 62.8 Å². The molecule has 7 nitrogen and oxygen atoms in total. The van der Waals surface area contributed by atoms with E-state index < -0.39 is 0 Å². The number of aliphatic imine (C=N–C) groups is 1. The first-order valence-corrected chi connectivity index (χ1v) is 11.4. The molecule has 3 aliphatic rings. The normalized spacial score (nSPS) is 23.4. The van der Waals surface area contributed by atoms with E-state index in [0.717, 1.165) is 43.3 Å². The second-order valence-corrected chi connectivity index (χ2v) is 8.64. The Balaban J connectivity index is 0.000000558. The zero-order valence-corrected chi connectivity index (χ0v) is 22.8. The van der Waals surface area contributed by atoms with Crippen LogP contribution in [-0.2, 0) is 32.7 Å². The maximum atomic E-state index is 13.2. The van der Waals surface area contributed by atoms with Crippen LogP contribution in [0.2, 0.25) is 0 Å². The fraction of sp³-hybridized carbons (Fsp3) is 0.591. The number of nitrogens with zero attached hydrogens (tertiary/aromatic N) is 4. The molecule has 10 heteroatoms. The van der Waals surface area contributed by atoms with Gasteiger partial charge in [0, 0.05) is 62.3 Å². The molecule has 173 valence electrons. The molecule has 3 N–H and O–H groups in total. The predicted octanol–water partition coefficient (Wildman–Crippen LogP) is 6.12. The monoisotopic (exact) mass is 535 g/mol. The van der Waals surface area contributed by atoms with Gasteiger partial charge in [0.1, 0.15) is 11.8 Å². The van der Waals surface area contributed by atoms with Gasteiger partial charge in [-0.25, -0.2) is 4.31 Å². The number of allylic oxidation sites excluding steroid dienone is 2. The van der Waals surface area contributed by atoms with Crippen molar-refractivity contribution in [3.63, 3.8) is 0 Å². The van der Waals surface area contributed by atoms with E-state index in [0.29, 0.717) is 18.0 Å². The van der Waals surface area contributed by atoms with Crippen molar-refractivity contribution in [3.8, 4) is 6.19 Å². The van der Waals surface area contributed by atoms with Gasteiger partial charge in [-0.15, -0.1) is 10.4 Å². The molecule has 0 aromatic rings. The minimum atomic E-state index is -0.0558. The van der Waals surface area contributed by atoms with Crippen LogP contribution >= 0.6 is 12.3 Å². The van der Waals surface area contributed by atoms with Gasteiger partial charge in [-0.05, 0) is 45.0 Å². The molecule has 32 heavy (non-hydrogen) atoms. The Bertz CT molecular complexity index is 809. The van der Waals surface area contributed by atoms with Gasteiger partial charge in [0.05, 0.1) is 0 Å². The Morgan fingerprint density at radius 2 is 2.16 bits per heavy atom. The molecule has 3 rings (SSSR count). The smallest absolute Gasteiger partial charge is 0.423 e. The summed E-state index contributed by atoms with van der Waals surface area (Å²) in [5, 5.41) is 8.20. The van der Waals surface area contributed by atoms with Crippen LogP contribution in [0.4, 0.5) is 3.89 Å². The van der Waals surface area contributed by atoms with Gasteiger partial charge in [0.2, 0.25) is 6.04 Å². The maximum absolute atomic E-state index is 13.2. The van der Waals surface area contributed by atoms with Crippen LogP contribution in [-0.4, -0.2) is 54.0 Å². The Labute approximate surface area is 221 Å². The van der Waals surface area contributed by atoms with E-state index in [1.807, 2.05) is 14.1 Å². The molecule has 1 radical (unpaired) electrons.